The molecule has 318 valence electrons. The van der Waals surface area contributed by atoms with Crippen LogP contribution in [0.4, 0.5) is 0 Å². The molecule has 0 radical (unpaired) electrons. The summed E-state index contributed by atoms with van der Waals surface area (Å²) < 4.78 is 11.0. The molecule has 0 bridgehead atoms. The molecule has 11 heteroatoms. The molecule has 11 nitrogen and oxygen atoms in total. The predicted octanol–water partition coefficient (Wildman–Crippen LogP) is 6.28. The molecule has 1 heterocycles. The van der Waals surface area contributed by atoms with Gasteiger partial charge in [-0.2, -0.15) is 0 Å². The minimum Gasteiger partial charge on any atom is -0.394 e. The van der Waals surface area contributed by atoms with Crippen LogP contribution in [-0.2, 0) is 14.3 Å². The van der Waals surface area contributed by atoms with Gasteiger partial charge in [-0.15, -0.1) is 0 Å². The standard InChI is InChI=1S/C43H81NO10/c1-3-5-7-9-11-13-15-16-17-18-19-20-21-23-25-27-29-31-36(47)42(52)44-34(33-53-43-41(51)40(50)39(49)37(32-45)54-43)38(48)35(46)30-28-26-24-22-14-12-10-8-6-4-2/h19-20,22,24,34-41,43,45-51H,3-18,21,23,25-33H2,1-2H3,(H,44,52)/b20-19-,24-22+. The highest BCUT2D eigenvalue weighted by Crippen LogP contribution is 2.23. The third-order valence-corrected chi connectivity index (χ3v) is 10.5. The molecule has 0 aromatic heterocycles. The van der Waals surface area contributed by atoms with Gasteiger partial charge in [0.1, 0.15) is 36.6 Å². The zero-order valence-corrected chi connectivity index (χ0v) is 34.0. The van der Waals surface area contributed by atoms with Crippen LogP contribution in [0.3, 0.4) is 0 Å². The van der Waals surface area contributed by atoms with Crippen molar-refractivity contribution in [3.05, 3.63) is 24.3 Å². The molecular formula is C43H81NO10. The lowest BCUT2D eigenvalue weighted by Gasteiger charge is -2.40. The van der Waals surface area contributed by atoms with Crippen LogP contribution in [0.1, 0.15) is 174 Å². The second-order valence-electron chi connectivity index (χ2n) is 15.4. The number of ether oxygens (including phenoxy) is 2. The molecule has 0 aliphatic carbocycles. The van der Waals surface area contributed by atoms with E-state index in [0.717, 1.165) is 51.4 Å². The van der Waals surface area contributed by atoms with E-state index in [2.05, 4.69) is 43.5 Å². The second kappa shape index (κ2) is 33.7. The molecule has 1 fully saturated rings. The van der Waals surface area contributed by atoms with E-state index in [1.807, 2.05) is 0 Å². The zero-order chi connectivity index (χ0) is 39.8. The Balaban J connectivity index is 2.49. The maximum atomic E-state index is 13.0. The topological polar surface area (TPSA) is 189 Å². The fourth-order valence-electron chi connectivity index (χ4n) is 6.79. The van der Waals surface area contributed by atoms with E-state index in [4.69, 9.17) is 9.47 Å². The minimum atomic E-state index is -1.67. The first-order valence-corrected chi connectivity index (χ1v) is 21.7. The minimum absolute atomic E-state index is 0.240. The van der Waals surface area contributed by atoms with Crippen molar-refractivity contribution in [3.63, 3.8) is 0 Å². The van der Waals surface area contributed by atoms with Crippen LogP contribution in [0.15, 0.2) is 24.3 Å². The third-order valence-electron chi connectivity index (χ3n) is 10.5. The van der Waals surface area contributed by atoms with Gasteiger partial charge in [-0.1, -0.05) is 134 Å². The first kappa shape index (κ1) is 50.6. The molecule has 1 amide bonds. The van der Waals surface area contributed by atoms with Crippen LogP contribution in [0.25, 0.3) is 0 Å². The lowest BCUT2D eigenvalue weighted by atomic mass is 9.98. The first-order chi connectivity index (χ1) is 26.2. The summed E-state index contributed by atoms with van der Waals surface area (Å²) in [6, 6.07) is -1.18. The molecule has 54 heavy (non-hydrogen) atoms. The Morgan fingerprint density at radius 3 is 1.59 bits per heavy atom. The Hall–Kier alpha value is -1.41. The molecule has 8 N–H and O–H groups in total. The Morgan fingerprint density at radius 2 is 1.09 bits per heavy atom. The average Bonchev–Trinajstić information content (AvgIpc) is 3.17. The summed E-state index contributed by atoms with van der Waals surface area (Å²) in [6.07, 6.45) is 23.9. The maximum absolute atomic E-state index is 13.0. The molecule has 1 aliphatic rings. The van der Waals surface area contributed by atoms with Gasteiger partial charge in [0, 0.05) is 0 Å². The Bertz CT molecular complexity index is 934. The summed E-state index contributed by atoms with van der Waals surface area (Å²) in [5, 5.41) is 75.3. The van der Waals surface area contributed by atoms with E-state index in [9.17, 15) is 40.5 Å². The van der Waals surface area contributed by atoms with Crippen LogP contribution in [0, 0.1) is 0 Å². The van der Waals surface area contributed by atoms with Crippen LogP contribution < -0.4 is 5.32 Å². The summed E-state index contributed by atoms with van der Waals surface area (Å²) in [7, 11) is 0. The SMILES string of the molecule is CCCCCCC/C=C/CCCC(O)C(O)C(COC1OC(CO)C(O)C(O)C1O)NC(=O)C(O)CCCCCC/C=C\CCCCCCCCCCC. The molecule has 9 atom stereocenters. The predicted molar refractivity (Wildman–Crippen MR) is 215 cm³/mol. The number of unbranched alkanes of at least 4 members (excludes halogenated alkanes) is 19. The molecule has 0 aromatic rings. The van der Waals surface area contributed by atoms with Crippen molar-refractivity contribution in [2.75, 3.05) is 13.2 Å². The molecule has 1 saturated heterocycles. The van der Waals surface area contributed by atoms with E-state index in [1.54, 1.807) is 0 Å². The lowest BCUT2D eigenvalue weighted by Crippen LogP contribution is -2.60. The van der Waals surface area contributed by atoms with Gasteiger partial charge in [0.25, 0.3) is 0 Å². The Labute approximate surface area is 327 Å². The van der Waals surface area contributed by atoms with Crippen molar-refractivity contribution in [3.8, 4) is 0 Å². The number of nitrogens with one attached hydrogen (secondary N) is 1. The highest BCUT2D eigenvalue weighted by atomic mass is 16.7. The van der Waals surface area contributed by atoms with Gasteiger partial charge >= 0.3 is 0 Å². The number of aliphatic hydroxyl groups excluding tert-OH is 7. The van der Waals surface area contributed by atoms with Gasteiger partial charge in [0.05, 0.1) is 25.4 Å². The van der Waals surface area contributed by atoms with Crippen molar-refractivity contribution in [1.82, 2.24) is 5.32 Å². The van der Waals surface area contributed by atoms with Crippen molar-refractivity contribution in [2.24, 2.45) is 0 Å². The summed E-state index contributed by atoms with van der Waals surface area (Å²) in [5.41, 5.74) is 0. The molecule has 0 saturated carbocycles. The molecule has 0 aromatic carbocycles. The number of aliphatic hydroxyl groups is 7. The summed E-state index contributed by atoms with van der Waals surface area (Å²) in [5.74, 6) is -0.718. The number of rotatable bonds is 35. The van der Waals surface area contributed by atoms with Crippen LogP contribution in [-0.4, -0.2) is 110 Å². The van der Waals surface area contributed by atoms with E-state index in [1.165, 1.54) is 83.5 Å². The third kappa shape index (κ3) is 23.6. The number of carbonyl (C=O) groups excluding carboxylic acids is 1. The van der Waals surface area contributed by atoms with Crippen LogP contribution in [0.5, 0.6) is 0 Å². The van der Waals surface area contributed by atoms with E-state index in [0.29, 0.717) is 12.8 Å². The summed E-state index contributed by atoms with van der Waals surface area (Å²) >= 11 is 0. The zero-order valence-electron chi connectivity index (χ0n) is 34.0. The molecule has 1 rings (SSSR count). The maximum Gasteiger partial charge on any atom is 0.249 e. The average molecular weight is 772 g/mol. The van der Waals surface area contributed by atoms with E-state index in [-0.39, 0.29) is 12.8 Å². The number of hydrogen-bond acceptors (Lipinski definition) is 10. The van der Waals surface area contributed by atoms with E-state index < -0.39 is 74.2 Å². The fourth-order valence-corrected chi connectivity index (χ4v) is 6.79. The van der Waals surface area contributed by atoms with Crippen molar-refractivity contribution < 1.29 is 50.0 Å². The Morgan fingerprint density at radius 1 is 0.630 bits per heavy atom. The highest BCUT2D eigenvalue weighted by molar-refractivity contribution is 5.80. The number of allylic oxidation sites excluding steroid dienone is 4. The lowest BCUT2D eigenvalue weighted by molar-refractivity contribution is -0.303. The van der Waals surface area contributed by atoms with Gasteiger partial charge in [-0.05, 0) is 64.2 Å². The quantitative estimate of drug-likeness (QED) is 0.0269. The van der Waals surface area contributed by atoms with E-state index >= 15 is 0 Å². The number of hydrogen-bond donors (Lipinski definition) is 8. The molecule has 0 spiro atoms. The van der Waals surface area contributed by atoms with Crippen molar-refractivity contribution in [1.29, 1.82) is 0 Å². The molecular weight excluding hydrogens is 690 g/mol. The van der Waals surface area contributed by atoms with Gasteiger partial charge in [-0.25, -0.2) is 0 Å². The summed E-state index contributed by atoms with van der Waals surface area (Å²) in [4.78, 5) is 13.0. The first-order valence-electron chi connectivity index (χ1n) is 21.7. The highest BCUT2D eigenvalue weighted by Gasteiger charge is 2.44. The Kier molecular flexibility index (Phi) is 31.6. The van der Waals surface area contributed by atoms with Crippen LogP contribution in [0.2, 0.25) is 0 Å². The smallest absolute Gasteiger partial charge is 0.249 e. The summed E-state index contributed by atoms with van der Waals surface area (Å²) in [6.45, 7) is 3.37. The van der Waals surface area contributed by atoms with Crippen molar-refractivity contribution in [2.45, 2.75) is 229 Å². The molecule has 9 unspecified atom stereocenters. The van der Waals surface area contributed by atoms with Crippen molar-refractivity contribution >= 4 is 5.91 Å². The fraction of sp³-hybridized carbons (Fsp3) is 0.884. The largest absolute Gasteiger partial charge is 0.394 e. The van der Waals surface area contributed by atoms with Crippen LogP contribution >= 0.6 is 0 Å². The van der Waals surface area contributed by atoms with Gasteiger partial charge in [0.15, 0.2) is 6.29 Å². The van der Waals surface area contributed by atoms with Gasteiger partial charge < -0.3 is 50.5 Å². The number of carbonyl (C=O) groups is 1. The van der Waals surface area contributed by atoms with Gasteiger partial charge in [0.2, 0.25) is 5.91 Å². The second-order valence-corrected chi connectivity index (χ2v) is 15.4. The normalized spacial score (nSPS) is 22.9. The number of amides is 1. The molecule has 1 aliphatic heterocycles. The monoisotopic (exact) mass is 772 g/mol. The van der Waals surface area contributed by atoms with Gasteiger partial charge in [-0.3, -0.25) is 4.79 Å².